The second-order valence-electron chi connectivity index (χ2n) is 7.13. The lowest BCUT2D eigenvalue weighted by atomic mass is 9.99. The molecule has 0 unspecified atom stereocenters. The summed E-state index contributed by atoms with van der Waals surface area (Å²) >= 11 is 0. The summed E-state index contributed by atoms with van der Waals surface area (Å²) in [6.45, 7) is 9.94. The van der Waals surface area contributed by atoms with E-state index < -0.39 is 0 Å². The van der Waals surface area contributed by atoms with Crippen LogP contribution in [0.4, 0.5) is 0 Å². The number of ether oxygens (including phenoxy) is 1. The van der Waals surface area contributed by atoms with Crippen LogP contribution in [0.3, 0.4) is 0 Å². The minimum Gasteiger partial charge on any atom is -0.492 e. The van der Waals surface area contributed by atoms with Gasteiger partial charge in [0, 0.05) is 12.1 Å². The van der Waals surface area contributed by atoms with Crippen molar-refractivity contribution in [2.45, 2.75) is 33.2 Å². The summed E-state index contributed by atoms with van der Waals surface area (Å²) in [7, 11) is 2.07. The molecule has 0 spiro atoms. The fraction of sp³-hybridized carbons (Fsp3) is 0.381. The Kier molecular flexibility index (Phi) is 5.79. The standard InChI is InChI=1S/C21H27NO2/c1-16-8-6-7-9-19(16)17-10-11-20(18(14-17)15-23)24-13-12-22(5)21(2,3)4/h6-11,14-15H,12-13H2,1-5H3. The molecular weight excluding hydrogens is 298 g/mol. The van der Waals surface area contributed by atoms with E-state index in [0.717, 1.165) is 24.0 Å². The summed E-state index contributed by atoms with van der Waals surface area (Å²) in [5.74, 6) is 0.643. The van der Waals surface area contributed by atoms with Gasteiger partial charge in [0.25, 0.3) is 0 Å². The molecule has 0 atom stereocenters. The fourth-order valence-corrected chi connectivity index (χ4v) is 2.46. The Balaban J connectivity index is 2.13. The predicted octanol–water partition coefficient (Wildman–Crippen LogP) is 4.58. The highest BCUT2D eigenvalue weighted by Crippen LogP contribution is 2.28. The van der Waals surface area contributed by atoms with E-state index >= 15 is 0 Å². The maximum atomic E-state index is 11.5. The Bertz CT molecular complexity index is 701. The summed E-state index contributed by atoms with van der Waals surface area (Å²) in [5.41, 5.74) is 4.06. The minimum atomic E-state index is 0.103. The largest absolute Gasteiger partial charge is 0.492 e. The molecule has 0 aliphatic heterocycles. The van der Waals surface area contributed by atoms with Crippen molar-refractivity contribution >= 4 is 6.29 Å². The van der Waals surface area contributed by atoms with Crippen molar-refractivity contribution in [3.63, 3.8) is 0 Å². The van der Waals surface area contributed by atoms with Gasteiger partial charge in [-0.2, -0.15) is 0 Å². The van der Waals surface area contributed by atoms with Crippen LogP contribution in [0.25, 0.3) is 11.1 Å². The molecule has 0 radical (unpaired) electrons. The Hall–Kier alpha value is -2.13. The smallest absolute Gasteiger partial charge is 0.153 e. The zero-order chi connectivity index (χ0) is 17.7. The predicted molar refractivity (Wildman–Crippen MR) is 99.9 cm³/mol. The number of carbonyl (C=O) groups is 1. The second-order valence-corrected chi connectivity index (χ2v) is 7.13. The number of likely N-dealkylation sites (N-methyl/N-ethyl adjacent to an activating group) is 1. The Labute approximate surface area is 145 Å². The number of aldehydes is 1. The first kappa shape index (κ1) is 18.2. The molecule has 0 amide bonds. The van der Waals surface area contributed by atoms with E-state index in [1.165, 1.54) is 5.56 Å². The van der Waals surface area contributed by atoms with E-state index in [0.29, 0.717) is 17.9 Å². The minimum absolute atomic E-state index is 0.103. The molecule has 0 N–H and O–H groups in total. The lowest BCUT2D eigenvalue weighted by Gasteiger charge is -2.31. The number of aryl methyl sites for hydroxylation is 1. The van der Waals surface area contributed by atoms with E-state index in [1.807, 2.05) is 30.3 Å². The topological polar surface area (TPSA) is 29.5 Å². The summed E-state index contributed by atoms with van der Waals surface area (Å²) in [6.07, 6.45) is 0.866. The Morgan fingerprint density at radius 3 is 2.46 bits per heavy atom. The van der Waals surface area contributed by atoms with Crippen LogP contribution >= 0.6 is 0 Å². The van der Waals surface area contributed by atoms with Gasteiger partial charge in [-0.25, -0.2) is 0 Å². The molecule has 0 saturated heterocycles. The molecule has 0 aliphatic carbocycles. The van der Waals surface area contributed by atoms with Crippen LogP contribution in [0.1, 0.15) is 36.7 Å². The van der Waals surface area contributed by atoms with Crippen molar-refractivity contribution < 1.29 is 9.53 Å². The number of benzene rings is 2. The van der Waals surface area contributed by atoms with E-state index in [4.69, 9.17) is 4.74 Å². The normalized spacial score (nSPS) is 11.6. The molecule has 2 aromatic rings. The summed E-state index contributed by atoms with van der Waals surface area (Å²) in [6, 6.07) is 14.0. The monoisotopic (exact) mass is 325 g/mol. The molecule has 3 nitrogen and oxygen atoms in total. The third kappa shape index (κ3) is 4.45. The van der Waals surface area contributed by atoms with Crippen molar-refractivity contribution in [3.8, 4) is 16.9 Å². The molecule has 3 heteroatoms. The van der Waals surface area contributed by atoms with Gasteiger partial charge in [0.15, 0.2) is 6.29 Å². The van der Waals surface area contributed by atoms with Gasteiger partial charge in [-0.05, 0) is 63.6 Å². The first-order valence-electron chi connectivity index (χ1n) is 8.32. The van der Waals surface area contributed by atoms with Crippen LogP contribution < -0.4 is 4.74 Å². The molecule has 128 valence electrons. The van der Waals surface area contributed by atoms with Gasteiger partial charge in [0.1, 0.15) is 12.4 Å². The summed E-state index contributed by atoms with van der Waals surface area (Å²) in [4.78, 5) is 13.7. The van der Waals surface area contributed by atoms with Crippen LogP contribution in [0, 0.1) is 6.92 Å². The van der Waals surface area contributed by atoms with Crippen LogP contribution in [-0.2, 0) is 0 Å². The van der Waals surface area contributed by atoms with E-state index in [2.05, 4.69) is 51.8 Å². The average Bonchev–Trinajstić information content (AvgIpc) is 2.54. The van der Waals surface area contributed by atoms with Gasteiger partial charge in [0.05, 0.1) is 5.56 Å². The highest BCUT2D eigenvalue weighted by atomic mass is 16.5. The molecule has 2 rings (SSSR count). The zero-order valence-electron chi connectivity index (χ0n) is 15.3. The van der Waals surface area contributed by atoms with Crippen LogP contribution in [0.15, 0.2) is 42.5 Å². The van der Waals surface area contributed by atoms with Crippen LogP contribution in [0.5, 0.6) is 5.75 Å². The molecule has 0 saturated carbocycles. The van der Waals surface area contributed by atoms with E-state index in [9.17, 15) is 4.79 Å². The number of hydrogen-bond donors (Lipinski definition) is 0. The Morgan fingerprint density at radius 1 is 1.12 bits per heavy atom. The van der Waals surface area contributed by atoms with Gasteiger partial charge < -0.3 is 4.74 Å². The van der Waals surface area contributed by atoms with Crippen LogP contribution in [-0.4, -0.2) is 36.9 Å². The molecule has 24 heavy (non-hydrogen) atoms. The third-order valence-electron chi connectivity index (χ3n) is 4.42. The van der Waals surface area contributed by atoms with Gasteiger partial charge in [-0.15, -0.1) is 0 Å². The maximum absolute atomic E-state index is 11.5. The van der Waals surface area contributed by atoms with Gasteiger partial charge in [0.2, 0.25) is 0 Å². The highest BCUT2D eigenvalue weighted by molar-refractivity contribution is 5.83. The molecular formula is C21H27NO2. The van der Waals surface area contributed by atoms with Crippen molar-refractivity contribution in [1.82, 2.24) is 4.90 Å². The number of rotatable bonds is 6. The van der Waals surface area contributed by atoms with Gasteiger partial charge in [-0.1, -0.05) is 30.3 Å². The number of carbonyl (C=O) groups excluding carboxylic acids is 1. The molecule has 0 heterocycles. The third-order valence-corrected chi connectivity index (χ3v) is 4.42. The lowest BCUT2D eigenvalue weighted by molar-refractivity contribution is 0.111. The quantitative estimate of drug-likeness (QED) is 0.728. The number of hydrogen-bond acceptors (Lipinski definition) is 3. The lowest BCUT2D eigenvalue weighted by Crippen LogP contribution is -2.40. The molecule has 0 aromatic heterocycles. The maximum Gasteiger partial charge on any atom is 0.153 e. The van der Waals surface area contributed by atoms with Crippen molar-refractivity contribution in [3.05, 3.63) is 53.6 Å². The Morgan fingerprint density at radius 2 is 1.83 bits per heavy atom. The summed E-state index contributed by atoms with van der Waals surface area (Å²) in [5, 5.41) is 0. The van der Waals surface area contributed by atoms with Crippen LogP contribution in [0.2, 0.25) is 0 Å². The average molecular weight is 325 g/mol. The number of nitrogens with zero attached hydrogens (tertiary/aromatic N) is 1. The van der Waals surface area contributed by atoms with Crippen molar-refractivity contribution in [2.24, 2.45) is 0 Å². The summed E-state index contributed by atoms with van der Waals surface area (Å²) < 4.78 is 5.84. The molecule has 2 aromatic carbocycles. The van der Waals surface area contributed by atoms with Crippen molar-refractivity contribution in [2.75, 3.05) is 20.2 Å². The highest BCUT2D eigenvalue weighted by Gasteiger charge is 2.16. The molecule has 0 fully saturated rings. The molecule has 0 bridgehead atoms. The zero-order valence-corrected chi connectivity index (χ0v) is 15.3. The second kappa shape index (κ2) is 7.63. The van der Waals surface area contributed by atoms with Gasteiger partial charge >= 0.3 is 0 Å². The van der Waals surface area contributed by atoms with Crippen molar-refractivity contribution in [1.29, 1.82) is 0 Å². The fourth-order valence-electron chi connectivity index (χ4n) is 2.46. The first-order valence-corrected chi connectivity index (χ1v) is 8.32. The first-order chi connectivity index (χ1) is 11.3. The van der Waals surface area contributed by atoms with E-state index in [1.54, 1.807) is 0 Å². The van der Waals surface area contributed by atoms with Gasteiger partial charge in [-0.3, -0.25) is 9.69 Å². The molecule has 0 aliphatic rings. The SMILES string of the molecule is Cc1ccccc1-c1ccc(OCCN(C)C(C)(C)C)c(C=O)c1. The van der Waals surface area contributed by atoms with E-state index in [-0.39, 0.29) is 5.54 Å².